The average Bonchev–Trinajstić information content (AvgIpc) is 2.96. The monoisotopic (exact) mass is 298 g/mol. The van der Waals surface area contributed by atoms with Crippen LogP contribution in [0.4, 0.5) is 13.6 Å². The summed E-state index contributed by atoms with van der Waals surface area (Å²) in [5.74, 6) is -1.03. The van der Waals surface area contributed by atoms with Gasteiger partial charge in [0.05, 0.1) is 6.54 Å². The maximum absolute atomic E-state index is 13.6. The van der Waals surface area contributed by atoms with E-state index in [4.69, 9.17) is 0 Å². The molecule has 2 aliphatic rings. The standard InChI is InChI=1S/C13H12F2N2O2S/c14-9-3-1-2-8(10(9)15)6-17-11(18)13(16-12(17)19)4-5-20-7-13/h1-3H,4-7H2,(H,16,19)/t13-/m0/s1. The van der Waals surface area contributed by atoms with Crippen molar-refractivity contribution in [1.29, 1.82) is 0 Å². The molecule has 4 nitrogen and oxygen atoms in total. The topological polar surface area (TPSA) is 49.4 Å². The predicted molar refractivity (Wildman–Crippen MR) is 70.1 cm³/mol. The molecule has 2 fully saturated rings. The lowest BCUT2D eigenvalue weighted by Crippen LogP contribution is -2.46. The van der Waals surface area contributed by atoms with Gasteiger partial charge in [0, 0.05) is 11.3 Å². The van der Waals surface area contributed by atoms with E-state index in [9.17, 15) is 18.4 Å². The first-order valence-corrected chi connectivity index (χ1v) is 7.34. The molecule has 3 rings (SSSR count). The lowest BCUT2D eigenvalue weighted by atomic mass is 9.99. The number of amides is 3. The van der Waals surface area contributed by atoms with Crippen molar-refractivity contribution in [2.75, 3.05) is 11.5 Å². The van der Waals surface area contributed by atoms with E-state index >= 15 is 0 Å². The summed E-state index contributed by atoms with van der Waals surface area (Å²) in [5.41, 5.74) is -0.859. The fourth-order valence-corrected chi connectivity index (χ4v) is 3.82. The van der Waals surface area contributed by atoms with Crippen LogP contribution in [-0.4, -0.2) is 33.9 Å². The van der Waals surface area contributed by atoms with Crippen LogP contribution in [0.3, 0.4) is 0 Å². The average molecular weight is 298 g/mol. The number of hydrogen-bond acceptors (Lipinski definition) is 3. The number of rotatable bonds is 2. The Morgan fingerprint density at radius 3 is 2.85 bits per heavy atom. The Balaban J connectivity index is 1.86. The van der Waals surface area contributed by atoms with Gasteiger partial charge >= 0.3 is 6.03 Å². The summed E-state index contributed by atoms with van der Waals surface area (Å²) in [7, 11) is 0. The second kappa shape index (κ2) is 4.73. The molecule has 0 aliphatic carbocycles. The van der Waals surface area contributed by atoms with E-state index in [0.29, 0.717) is 12.2 Å². The highest BCUT2D eigenvalue weighted by molar-refractivity contribution is 7.99. The van der Waals surface area contributed by atoms with Crippen molar-refractivity contribution in [2.24, 2.45) is 0 Å². The third-order valence-corrected chi connectivity index (χ3v) is 4.82. The van der Waals surface area contributed by atoms with Gasteiger partial charge in [-0.25, -0.2) is 13.6 Å². The van der Waals surface area contributed by atoms with Crippen molar-refractivity contribution in [3.63, 3.8) is 0 Å². The van der Waals surface area contributed by atoms with Crippen LogP contribution in [0.25, 0.3) is 0 Å². The molecule has 1 spiro atoms. The van der Waals surface area contributed by atoms with Crippen LogP contribution in [0.15, 0.2) is 18.2 Å². The van der Waals surface area contributed by atoms with Gasteiger partial charge in [0.2, 0.25) is 0 Å². The van der Waals surface area contributed by atoms with Gasteiger partial charge in [-0.1, -0.05) is 12.1 Å². The third kappa shape index (κ3) is 1.96. The molecule has 2 heterocycles. The number of nitrogens with one attached hydrogen (secondary N) is 1. The maximum atomic E-state index is 13.6. The van der Waals surface area contributed by atoms with E-state index in [-0.39, 0.29) is 18.0 Å². The molecule has 0 radical (unpaired) electrons. The van der Waals surface area contributed by atoms with Crippen molar-refractivity contribution >= 4 is 23.7 Å². The zero-order chi connectivity index (χ0) is 14.3. The minimum absolute atomic E-state index is 0.00352. The number of imide groups is 1. The highest BCUT2D eigenvalue weighted by Crippen LogP contribution is 2.34. The Hall–Kier alpha value is -1.63. The number of halogens is 2. The number of carbonyl (C=O) groups excluding carboxylic acids is 2. The summed E-state index contributed by atoms with van der Waals surface area (Å²) in [5, 5.41) is 2.68. The molecule has 0 saturated carbocycles. The number of nitrogens with zero attached hydrogens (tertiary/aromatic N) is 1. The van der Waals surface area contributed by atoms with Crippen molar-refractivity contribution in [2.45, 2.75) is 18.5 Å². The van der Waals surface area contributed by atoms with E-state index in [1.807, 2.05) is 0 Å². The van der Waals surface area contributed by atoms with E-state index in [2.05, 4.69) is 5.32 Å². The molecule has 106 valence electrons. The lowest BCUT2D eigenvalue weighted by Gasteiger charge is -2.19. The normalized spacial score (nSPS) is 25.6. The molecular formula is C13H12F2N2O2S. The number of carbonyl (C=O) groups is 2. The largest absolute Gasteiger partial charge is 0.325 e. The van der Waals surface area contributed by atoms with Crippen LogP contribution < -0.4 is 5.32 Å². The van der Waals surface area contributed by atoms with Crippen LogP contribution in [0.2, 0.25) is 0 Å². The van der Waals surface area contributed by atoms with Gasteiger partial charge in [-0.15, -0.1) is 0 Å². The van der Waals surface area contributed by atoms with Gasteiger partial charge in [0.1, 0.15) is 5.54 Å². The van der Waals surface area contributed by atoms with E-state index in [1.54, 1.807) is 11.8 Å². The summed E-state index contributed by atoms with van der Waals surface area (Å²) >= 11 is 1.59. The van der Waals surface area contributed by atoms with Gasteiger partial charge in [0.15, 0.2) is 11.6 Å². The number of thioether (sulfide) groups is 1. The van der Waals surface area contributed by atoms with Crippen molar-refractivity contribution < 1.29 is 18.4 Å². The Labute approximate surface area is 118 Å². The zero-order valence-corrected chi connectivity index (χ0v) is 11.3. The minimum Gasteiger partial charge on any atom is -0.322 e. The van der Waals surface area contributed by atoms with Gasteiger partial charge in [0.25, 0.3) is 5.91 Å². The molecule has 2 aliphatic heterocycles. The van der Waals surface area contributed by atoms with E-state index < -0.39 is 23.2 Å². The first kappa shape index (κ1) is 13.4. The summed E-state index contributed by atoms with van der Waals surface area (Å²) in [4.78, 5) is 25.2. The van der Waals surface area contributed by atoms with Crippen LogP contribution in [0.5, 0.6) is 0 Å². The molecular weight excluding hydrogens is 286 g/mol. The molecule has 0 bridgehead atoms. The first-order valence-electron chi connectivity index (χ1n) is 6.18. The Bertz CT molecular complexity index is 588. The van der Waals surface area contributed by atoms with Gasteiger partial charge in [-0.2, -0.15) is 11.8 Å². The Morgan fingerprint density at radius 2 is 2.15 bits per heavy atom. The summed E-state index contributed by atoms with van der Waals surface area (Å²) in [6, 6.07) is 3.18. The Morgan fingerprint density at radius 1 is 1.35 bits per heavy atom. The Kier molecular flexibility index (Phi) is 3.16. The molecule has 1 aromatic rings. The third-order valence-electron chi connectivity index (χ3n) is 3.63. The van der Waals surface area contributed by atoms with Crippen LogP contribution in [0, 0.1) is 11.6 Å². The number of urea groups is 1. The highest BCUT2D eigenvalue weighted by atomic mass is 32.2. The van der Waals surface area contributed by atoms with E-state index in [1.165, 1.54) is 12.1 Å². The van der Waals surface area contributed by atoms with E-state index in [0.717, 1.165) is 16.7 Å². The molecule has 0 aromatic heterocycles. The molecule has 1 aromatic carbocycles. The smallest absolute Gasteiger partial charge is 0.322 e. The van der Waals surface area contributed by atoms with Gasteiger partial charge in [-0.3, -0.25) is 9.69 Å². The van der Waals surface area contributed by atoms with Crippen molar-refractivity contribution in [1.82, 2.24) is 10.2 Å². The predicted octanol–water partition coefficient (Wildman–Crippen LogP) is 1.89. The summed E-state index contributed by atoms with van der Waals surface area (Å²) in [6.07, 6.45) is 0.574. The summed E-state index contributed by atoms with van der Waals surface area (Å²) in [6.45, 7) is -0.249. The fourth-order valence-electron chi connectivity index (χ4n) is 2.49. The fraction of sp³-hybridized carbons (Fsp3) is 0.385. The zero-order valence-electron chi connectivity index (χ0n) is 10.5. The van der Waals surface area contributed by atoms with Crippen LogP contribution in [-0.2, 0) is 11.3 Å². The molecule has 2 saturated heterocycles. The molecule has 1 atom stereocenters. The lowest BCUT2D eigenvalue weighted by molar-refractivity contribution is -0.130. The van der Waals surface area contributed by atoms with Crippen LogP contribution >= 0.6 is 11.8 Å². The van der Waals surface area contributed by atoms with Gasteiger partial charge in [-0.05, 0) is 18.2 Å². The maximum Gasteiger partial charge on any atom is 0.325 e. The SMILES string of the molecule is O=C1N[C@]2(CCSC2)C(=O)N1Cc1cccc(F)c1F. The molecule has 3 amide bonds. The summed E-state index contributed by atoms with van der Waals surface area (Å²) < 4.78 is 26.8. The van der Waals surface area contributed by atoms with Gasteiger partial charge < -0.3 is 5.32 Å². The number of benzene rings is 1. The van der Waals surface area contributed by atoms with Crippen LogP contribution in [0.1, 0.15) is 12.0 Å². The minimum atomic E-state index is -1.02. The second-order valence-corrected chi connectivity index (χ2v) is 6.02. The molecule has 7 heteroatoms. The quantitative estimate of drug-likeness (QED) is 0.848. The second-order valence-electron chi connectivity index (χ2n) is 4.92. The van der Waals surface area contributed by atoms with Crippen molar-refractivity contribution in [3.8, 4) is 0 Å². The molecule has 20 heavy (non-hydrogen) atoms. The molecule has 1 N–H and O–H groups in total. The number of hydrogen-bond donors (Lipinski definition) is 1. The van der Waals surface area contributed by atoms with Crippen molar-refractivity contribution in [3.05, 3.63) is 35.4 Å². The molecule has 0 unspecified atom stereocenters. The highest BCUT2D eigenvalue weighted by Gasteiger charge is 2.52. The first-order chi connectivity index (χ1) is 9.53.